The molecule has 0 fully saturated rings. The van der Waals surface area contributed by atoms with Gasteiger partial charge in [0.15, 0.2) is 5.82 Å². The lowest BCUT2D eigenvalue weighted by Gasteiger charge is -2.09. The highest BCUT2D eigenvalue weighted by atomic mass is 35.5. The molecule has 2 aromatic heterocycles. The van der Waals surface area contributed by atoms with E-state index in [1.165, 1.54) is 6.33 Å². The van der Waals surface area contributed by atoms with Crippen molar-refractivity contribution in [3.8, 4) is 0 Å². The van der Waals surface area contributed by atoms with Crippen LogP contribution in [0, 0.1) is 6.92 Å². The highest BCUT2D eigenvalue weighted by Crippen LogP contribution is 2.31. The fourth-order valence-corrected chi connectivity index (χ4v) is 2.14. The van der Waals surface area contributed by atoms with E-state index in [1.807, 2.05) is 13.0 Å². The van der Waals surface area contributed by atoms with Gasteiger partial charge >= 0.3 is 0 Å². The Morgan fingerprint density at radius 1 is 1.00 bits per heavy atom. The third kappa shape index (κ3) is 3.29. The first kappa shape index (κ1) is 14.6. The van der Waals surface area contributed by atoms with E-state index in [4.69, 9.17) is 27.7 Å². The number of anilines is 4. The maximum Gasteiger partial charge on any atom is 0.175 e. The van der Waals surface area contributed by atoms with Gasteiger partial charge in [-0.3, -0.25) is 0 Å². The maximum absolute atomic E-state index is 6.14. The van der Waals surface area contributed by atoms with Crippen LogP contribution < -0.4 is 10.6 Å². The molecular weight excluding hydrogens is 325 g/mol. The molecule has 8 heteroatoms. The zero-order valence-corrected chi connectivity index (χ0v) is 13.0. The van der Waals surface area contributed by atoms with Crippen molar-refractivity contribution in [3.05, 3.63) is 52.5 Å². The largest absolute Gasteiger partial charge is 0.360 e. The van der Waals surface area contributed by atoms with Crippen LogP contribution in [0.5, 0.6) is 0 Å². The lowest BCUT2D eigenvalue weighted by atomic mass is 10.3. The Bertz CT molecular complexity index is 805. The van der Waals surface area contributed by atoms with Crippen molar-refractivity contribution >= 4 is 46.3 Å². The van der Waals surface area contributed by atoms with Crippen molar-refractivity contribution in [3.63, 3.8) is 0 Å². The number of hydrogen-bond acceptors (Lipinski definition) is 6. The summed E-state index contributed by atoms with van der Waals surface area (Å²) in [6.45, 7) is 1.81. The topological polar surface area (TPSA) is 75.9 Å². The van der Waals surface area contributed by atoms with E-state index >= 15 is 0 Å². The molecular formula is C14H11Cl2N5O. The molecule has 2 N–H and O–H groups in total. The van der Waals surface area contributed by atoms with Crippen molar-refractivity contribution in [2.45, 2.75) is 6.92 Å². The van der Waals surface area contributed by atoms with Gasteiger partial charge in [-0.25, -0.2) is 9.97 Å². The van der Waals surface area contributed by atoms with Gasteiger partial charge in [0, 0.05) is 12.1 Å². The number of aromatic nitrogens is 3. The van der Waals surface area contributed by atoms with Crippen LogP contribution in [-0.2, 0) is 0 Å². The van der Waals surface area contributed by atoms with Gasteiger partial charge < -0.3 is 15.2 Å². The SMILES string of the molecule is Cc1cc(Nc2cc(Nc3cccc(Cl)c3Cl)ncn2)no1. The molecule has 0 saturated carbocycles. The van der Waals surface area contributed by atoms with Gasteiger partial charge in [-0.05, 0) is 19.1 Å². The average molecular weight is 336 g/mol. The molecule has 0 aliphatic carbocycles. The predicted octanol–water partition coefficient (Wildman–Crippen LogP) is 4.57. The van der Waals surface area contributed by atoms with Gasteiger partial charge in [0.25, 0.3) is 0 Å². The molecule has 6 nitrogen and oxygen atoms in total. The van der Waals surface area contributed by atoms with Gasteiger partial charge in [0.2, 0.25) is 0 Å². The Hall–Kier alpha value is -2.31. The van der Waals surface area contributed by atoms with Crippen molar-refractivity contribution in [1.82, 2.24) is 15.1 Å². The standard InChI is InChI=1S/C14H11Cl2N5O/c1-8-5-13(21-22-8)20-12-6-11(17-7-18-12)19-10-4-2-3-9(15)14(10)16/h2-7H,1H3,(H2,17,18,19,20,21). The molecule has 0 saturated heterocycles. The summed E-state index contributed by atoms with van der Waals surface area (Å²) in [6, 6.07) is 8.82. The molecule has 1 aromatic carbocycles. The smallest absolute Gasteiger partial charge is 0.175 e. The number of halogens is 2. The number of aryl methyl sites for hydroxylation is 1. The summed E-state index contributed by atoms with van der Waals surface area (Å²) in [5.41, 5.74) is 0.663. The van der Waals surface area contributed by atoms with Crippen molar-refractivity contribution < 1.29 is 4.52 Å². The Labute approximate surface area is 136 Å². The lowest BCUT2D eigenvalue weighted by Crippen LogP contribution is -1.99. The minimum Gasteiger partial charge on any atom is -0.360 e. The molecule has 0 amide bonds. The molecule has 2 heterocycles. The molecule has 112 valence electrons. The van der Waals surface area contributed by atoms with Gasteiger partial charge in [-0.2, -0.15) is 0 Å². The zero-order valence-electron chi connectivity index (χ0n) is 11.5. The van der Waals surface area contributed by atoms with E-state index in [0.717, 1.165) is 0 Å². The molecule has 0 unspecified atom stereocenters. The van der Waals surface area contributed by atoms with E-state index in [0.29, 0.717) is 38.9 Å². The van der Waals surface area contributed by atoms with Gasteiger partial charge in [-0.15, -0.1) is 0 Å². The molecule has 3 rings (SSSR count). The quantitative estimate of drug-likeness (QED) is 0.727. The molecule has 0 radical (unpaired) electrons. The van der Waals surface area contributed by atoms with E-state index in [-0.39, 0.29) is 0 Å². The first-order valence-corrected chi connectivity index (χ1v) is 7.11. The number of nitrogens with zero attached hydrogens (tertiary/aromatic N) is 3. The van der Waals surface area contributed by atoms with E-state index < -0.39 is 0 Å². The third-order valence-corrected chi connectivity index (χ3v) is 3.58. The number of hydrogen-bond donors (Lipinski definition) is 2. The number of benzene rings is 1. The van der Waals surface area contributed by atoms with E-state index in [9.17, 15) is 0 Å². The van der Waals surface area contributed by atoms with Crippen LogP contribution in [0.4, 0.5) is 23.1 Å². The predicted molar refractivity (Wildman–Crippen MR) is 86.3 cm³/mol. The van der Waals surface area contributed by atoms with Crippen LogP contribution in [0.1, 0.15) is 5.76 Å². The Morgan fingerprint density at radius 3 is 2.50 bits per heavy atom. The van der Waals surface area contributed by atoms with Crippen molar-refractivity contribution in [1.29, 1.82) is 0 Å². The summed E-state index contributed by atoms with van der Waals surface area (Å²) in [4.78, 5) is 8.27. The maximum atomic E-state index is 6.14. The van der Waals surface area contributed by atoms with Crippen molar-refractivity contribution in [2.75, 3.05) is 10.6 Å². The second-order valence-electron chi connectivity index (χ2n) is 4.46. The summed E-state index contributed by atoms with van der Waals surface area (Å²) in [7, 11) is 0. The van der Waals surface area contributed by atoms with Crippen LogP contribution >= 0.6 is 23.2 Å². The first-order chi connectivity index (χ1) is 10.6. The fraction of sp³-hybridized carbons (Fsp3) is 0.0714. The summed E-state index contributed by atoms with van der Waals surface area (Å²) < 4.78 is 4.99. The molecule has 0 bridgehead atoms. The van der Waals surface area contributed by atoms with Crippen LogP contribution in [0.2, 0.25) is 10.0 Å². The van der Waals surface area contributed by atoms with Gasteiger partial charge in [0.05, 0.1) is 15.7 Å². The lowest BCUT2D eigenvalue weighted by molar-refractivity contribution is 0.400. The Kier molecular flexibility index (Phi) is 4.13. The van der Waals surface area contributed by atoms with Crippen molar-refractivity contribution in [2.24, 2.45) is 0 Å². The minimum atomic E-state index is 0.435. The first-order valence-electron chi connectivity index (χ1n) is 6.35. The summed E-state index contributed by atoms with van der Waals surface area (Å²) >= 11 is 12.1. The molecule has 0 aliphatic rings. The Morgan fingerprint density at radius 2 is 1.77 bits per heavy atom. The normalized spacial score (nSPS) is 10.5. The Balaban J connectivity index is 1.80. The summed E-state index contributed by atoms with van der Waals surface area (Å²) in [5.74, 6) is 2.43. The van der Waals surface area contributed by atoms with Crippen LogP contribution in [0.15, 0.2) is 41.2 Å². The van der Waals surface area contributed by atoms with Gasteiger partial charge in [0.1, 0.15) is 23.7 Å². The van der Waals surface area contributed by atoms with Crippen LogP contribution in [-0.4, -0.2) is 15.1 Å². The molecule has 22 heavy (non-hydrogen) atoms. The molecule has 0 atom stereocenters. The highest BCUT2D eigenvalue weighted by molar-refractivity contribution is 6.43. The second-order valence-corrected chi connectivity index (χ2v) is 5.25. The third-order valence-electron chi connectivity index (χ3n) is 2.77. The second kappa shape index (κ2) is 6.21. The van der Waals surface area contributed by atoms with Crippen LogP contribution in [0.3, 0.4) is 0 Å². The van der Waals surface area contributed by atoms with E-state index in [1.54, 1.807) is 24.3 Å². The van der Waals surface area contributed by atoms with Crippen LogP contribution in [0.25, 0.3) is 0 Å². The highest BCUT2D eigenvalue weighted by Gasteiger charge is 2.07. The summed E-state index contributed by atoms with van der Waals surface area (Å²) in [6.07, 6.45) is 1.43. The average Bonchev–Trinajstić information content (AvgIpc) is 2.89. The zero-order chi connectivity index (χ0) is 15.5. The fourth-order valence-electron chi connectivity index (χ4n) is 1.79. The number of nitrogens with one attached hydrogen (secondary N) is 2. The van der Waals surface area contributed by atoms with E-state index in [2.05, 4.69) is 25.8 Å². The molecule has 0 aliphatic heterocycles. The molecule has 0 spiro atoms. The summed E-state index contributed by atoms with van der Waals surface area (Å²) in [5, 5.41) is 10.9. The molecule has 3 aromatic rings. The van der Waals surface area contributed by atoms with Gasteiger partial charge in [-0.1, -0.05) is 34.4 Å². The number of rotatable bonds is 4. The minimum absolute atomic E-state index is 0.435. The monoisotopic (exact) mass is 335 g/mol.